The van der Waals surface area contributed by atoms with E-state index >= 15 is 0 Å². The third-order valence-electron chi connectivity index (χ3n) is 6.55. The fraction of sp³-hybridized carbons (Fsp3) is 0.357. The minimum absolute atomic E-state index is 0. The quantitative estimate of drug-likeness (QED) is 0.156. The molecule has 0 saturated carbocycles. The molecule has 3 rings (SSSR count). The number of benzene rings is 2. The summed E-state index contributed by atoms with van der Waals surface area (Å²) in [5.74, 6) is -6.46. The number of fused-ring (bicyclic) bond motifs is 3. The molecule has 0 fully saturated rings. The molecule has 2 aromatic rings. The molecule has 0 aromatic heterocycles. The molecule has 42 heavy (non-hydrogen) atoms. The van der Waals surface area contributed by atoms with E-state index in [1.165, 1.54) is 13.8 Å². The number of hydrogen-bond donors (Lipinski definition) is 3. The fourth-order valence-electron chi connectivity index (χ4n) is 4.40. The van der Waals surface area contributed by atoms with Crippen LogP contribution in [0.25, 0.3) is 11.1 Å². The number of hydrogen-bond acceptors (Lipinski definition) is 9. The molecule has 0 bridgehead atoms. The second-order valence-corrected chi connectivity index (χ2v) is 9.40. The van der Waals surface area contributed by atoms with Crippen LogP contribution in [-0.4, -0.2) is 60.4 Å². The van der Waals surface area contributed by atoms with Crippen LogP contribution >= 0.6 is 0 Å². The Kier molecular flexibility index (Phi) is 14.6. The number of amides is 3. The van der Waals surface area contributed by atoms with Crippen molar-refractivity contribution in [2.24, 2.45) is 0 Å². The minimum Gasteiger partial charge on any atom is -0.548 e. The van der Waals surface area contributed by atoms with Gasteiger partial charge in [-0.15, -0.1) is 0 Å². The van der Waals surface area contributed by atoms with Crippen molar-refractivity contribution in [2.45, 2.75) is 57.2 Å². The first-order valence-corrected chi connectivity index (χ1v) is 12.7. The van der Waals surface area contributed by atoms with E-state index in [0.717, 1.165) is 22.3 Å². The molecule has 12 nitrogen and oxygen atoms in total. The number of carbonyl (C=O) groups excluding carboxylic acids is 6. The number of rotatable bonds is 13. The number of carboxylic acid groups (broad SMARTS) is 2. The number of aliphatic carboxylic acids is 2. The van der Waals surface area contributed by atoms with Gasteiger partial charge < -0.3 is 40.5 Å². The Balaban J connectivity index is 0.00000441. The molecule has 0 heterocycles. The molecule has 0 spiro atoms. The monoisotopic (exact) mass is 565 g/mol. The van der Waals surface area contributed by atoms with Crippen molar-refractivity contribution in [3.05, 3.63) is 59.7 Å². The maximum atomic E-state index is 12.5. The largest absolute Gasteiger partial charge is 1.00 e. The third-order valence-corrected chi connectivity index (χ3v) is 6.55. The smallest absolute Gasteiger partial charge is 0.548 e. The predicted molar refractivity (Wildman–Crippen MR) is 136 cm³/mol. The summed E-state index contributed by atoms with van der Waals surface area (Å²) in [5.41, 5.74) is 4.20. The SMILES string of the molecule is C[C@H](NC(=O)OCC1c2ccccc2-c2ccccc21)C(=O)N[C@@H](C)C(=O)N[C@@H](CCCC(=O)C(=O)[O-])C(=O)[O-].[Li+].[Li+]. The van der Waals surface area contributed by atoms with Gasteiger partial charge in [-0.3, -0.25) is 14.4 Å². The van der Waals surface area contributed by atoms with E-state index in [0.29, 0.717) is 0 Å². The van der Waals surface area contributed by atoms with Crippen molar-refractivity contribution in [3.8, 4) is 11.1 Å². The number of Topliss-reactive ketones (excluding diaryl/α,β-unsaturated/α-hetero) is 1. The molecule has 2 aromatic carbocycles. The average Bonchev–Trinajstić information content (AvgIpc) is 3.24. The Morgan fingerprint density at radius 3 is 1.81 bits per heavy atom. The van der Waals surface area contributed by atoms with Crippen molar-refractivity contribution in [1.82, 2.24) is 16.0 Å². The summed E-state index contributed by atoms with van der Waals surface area (Å²) in [7, 11) is 0. The first-order valence-electron chi connectivity index (χ1n) is 12.7. The molecule has 3 atom stereocenters. The molecule has 0 saturated heterocycles. The van der Waals surface area contributed by atoms with Crippen LogP contribution in [-0.2, 0) is 28.7 Å². The van der Waals surface area contributed by atoms with Crippen LogP contribution in [0.15, 0.2) is 48.5 Å². The zero-order chi connectivity index (χ0) is 29.4. The summed E-state index contributed by atoms with van der Waals surface area (Å²) in [4.78, 5) is 70.2. The summed E-state index contributed by atoms with van der Waals surface area (Å²) in [6.07, 6.45) is -1.71. The molecular weight excluding hydrogens is 536 g/mol. The number of alkyl carbamates (subject to hydrolysis) is 1. The van der Waals surface area contributed by atoms with E-state index in [4.69, 9.17) is 4.74 Å². The van der Waals surface area contributed by atoms with Gasteiger partial charge in [0.15, 0.2) is 5.78 Å². The van der Waals surface area contributed by atoms with Crippen LogP contribution in [0, 0.1) is 0 Å². The van der Waals surface area contributed by atoms with Crippen molar-refractivity contribution in [1.29, 1.82) is 0 Å². The number of carboxylic acids is 2. The Morgan fingerprint density at radius 2 is 1.29 bits per heavy atom. The van der Waals surface area contributed by atoms with Gasteiger partial charge in [-0.05, 0) is 48.9 Å². The van der Waals surface area contributed by atoms with Crippen LogP contribution in [0.5, 0.6) is 0 Å². The van der Waals surface area contributed by atoms with Crippen LogP contribution in [0.3, 0.4) is 0 Å². The molecule has 1 aliphatic rings. The van der Waals surface area contributed by atoms with Gasteiger partial charge in [0.25, 0.3) is 0 Å². The normalized spacial score (nSPS) is 13.4. The summed E-state index contributed by atoms with van der Waals surface area (Å²) < 4.78 is 5.41. The topological polar surface area (TPSA) is 194 Å². The van der Waals surface area contributed by atoms with Crippen LogP contribution in [0.2, 0.25) is 0 Å². The molecule has 14 heteroatoms. The number of nitrogens with one attached hydrogen (secondary N) is 3. The fourth-order valence-corrected chi connectivity index (χ4v) is 4.40. The molecule has 1 aliphatic carbocycles. The second-order valence-electron chi connectivity index (χ2n) is 9.40. The molecule has 3 amide bonds. The van der Waals surface area contributed by atoms with Crippen molar-refractivity contribution in [2.75, 3.05) is 6.61 Å². The second kappa shape index (κ2) is 16.8. The first-order chi connectivity index (χ1) is 19.0. The predicted octanol–water partition coefficient (Wildman–Crippen LogP) is -6.85. The average molecular weight is 565 g/mol. The summed E-state index contributed by atoms with van der Waals surface area (Å²) in [6.45, 7) is 2.74. The van der Waals surface area contributed by atoms with Crippen molar-refractivity contribution < 1.29 is 81.4 Å². The van der Waals surface area contributed by atoms with Gasteiger partial charge in [0.2, 0.25) is 11.8 Å². The standard InChI is InChI=1S/C28H31N3O9.2Li/c1-15(25(34)31-22(26(35)36)12-7-13-23(32)27(37)38)29-24(33)16(2)30-28(39)40-14-21-19-10-5-3-8-17(19)18-9-4-6-11-20(18)21;;/h3-6,8-11,15-16,21-22H,7,12-14H2,1-2H3,(H,29,33)(H,30,39)(H,31,34)(H,35,36)(H,37,38);;/q;2*+1/p-2/t15-,16-,22-;;/m0../s1. The molecule has 0 aliphatic heterocycles. The zero-order valence-corrected chi connectivity index (χ0v) is 23.9. The molecule has 212 valence electrons. The Morgan fingerprint density at radius 1 is 0.786 bits per heavy atom. The zero-order valence-electron chi connectivity index (χ0n) is 23.9. The van der Waals surface area contributed by atoms with Crippen LogP contribution in [0.1, 0.15) is 50.2 Å². The maximum Gasteiger partial charge on any atom is 1.00 e. The minimum atomic E-state index is -1.88. The summed E-state index contributed by atoms with van der Waals surface area (Å²) in [6, 6.07) is 11.9. The molecule has 0 unspecified atom stereocenters. The van der Waals surface area contributed by atoms with Gasteiger partial charge in [0, 0.05) is 12.3 Å². The van der Waals surface area contributed by atoms with Crippen LogP contribution < -0.4 is 63.9 Å². The Labute approximate surface area is 266 Å². The number of ketones is 1. The third kappa shape index (κ3) is 9.50. The molecular formula is C28H29Li2N3O9. The Hall–Kier alpha value is -3.55. The summed E-state index contributed by atoms with van der Waals surface area (Å²) in [5, 5.41) is 28.7. The molecule has 0 radical (unpaired) electrons. The van der Waals surface area contributed by atoms with Gasteiger partial charge in [-0.2, -0.15) is 0 Å². The van der Waals surface area contributed by atoms with Gasteiger partial charge in [0.1, 0.15) is 24.7 Å². The first kappa shape index (κ1) is 36.5. The van der Waals surface area contributed by atoms with E-state index in [9.17, 15) is 39.0 Å². The van der Waals surface area contributed by atoms with Crippen molar-refractivity contribution in [3.63, 3.8) is 0 Å². The van der Waals surface area contributed by atoms with E-state index in [2.05, 4.69) is 16.0 Å². The Bertz CT molecular complexity index is 1280. The number of carbonyl (C=O) groups is 6. The van der Waals surface area contributed by atoms with E-state index in [1.807, 2.05) is 48.5 Å². The van der Waals surface area contributed by atoms with E-state index < -0.39 is 60.2 Å². The van der Waals surface area contributed by atoms with Gasteiger partial charge >= 0.3 is 43.8 Å². The summed E-state index contributed by atoms with van der Waals surface area (Å²) >= 11 is 0. The van der Waals surface area contributed by atoms with E-state index in [-0.39, 0.29) is 63.1 Å². The van der Waals surface area contributed by atoms with Crippen LogP contribution in [0.4, 0.5) is 4.79 Å². The van der Waals surface area contributed by atoms with Gasteiger partial charge in [0.05, 0.1) is 12.0 Å². The number of ether oxygens (including phenoxy) is 1. The van der Waals surface area contributed by atoms with Crippen molar-refractivity contribution >= 4 is 35.6 Å². The molecule has 3 N–H and O–H groups in total. The maximum absolute atomic E-state index is 12.5. The van der Waals surface area contributed by atoms with E-state index in [1.54, 1.807) is 0 Å². The van der Waals surface area contributed by atoms with Gasteiger partial charge in [-0.25, -0.2) is 4.79 Å². The van der Waals surface area contributed by atoms with Gasteiger partial charge in [-0.1, -0.05) is 48.5 Å².